The van der Waals surface area contributed by atoms with E-state index in [1.807, 2.05) is 24.0 Å². The first kappa shape index (κ1) is 10.9. The summed E-state index contributed by atoms with van der Waals surface area (Å²) in [5, 5.41) is 0. The molecule has 84 valence electrons. The standard InChI is InChI=1S/C12H15N3O/c1-9-5-6-10(8-14-9)15-7-3-2-4-11(15)12(13)16/h5-6,8,11H,3-4,7H2,1H3,(H2,13,16). The van der Waals surface area contributed by atoms with Crippen LogP contribution in [0, 0.1) is 13.3 Å². The number of amides is 1. The maximum Gasteiger partial charge on any atom is 0.240 e. The number of pyridine rings is 1. The highest BCUT2D eigenvalue weighted by Crippen LogP contribution is 2.23. The number of primary amides is 1. The number of aromatic nitrogens is 1. The number of carbonyl (C=O) groups excluding carboxylic acids is 1. The molecule has 1 saturated heterocycles. The third-order valence-corrected chi connectivity index (χ3v) is 2.80. The Labute approximate surface area is 95.5 Å². The van der Waals surface area contributed by atoms with Gasteiger partial charge in [0.25, 0.3) is 0 Å². The molecule has 2 rings (SSSR count). The average molecular weight is 217 g/mol. The molecule has 0 aliphatic carbocycles. The summed E-state index contributed by atoms with van der Waals surface area (Å²) < 4.78 is 0. The van der Waals surface area contributed by atoms with E-state index < -0.39 is 0 Å². The van der Waals surface area contributed by atoms with Crippen LogP contribution >= 0.6 is 0 Å². The van der Waals surface area contributed by atoms with Crippen molar-refractivity contribution >= 4 is 11.6 Å². The Morgan fingerprint density at radius 3 is 3.06 bits per heavy atom. The monoisotopic (exact) mass is 217 g/mol. The molecule has 0 bridgehead atoms. The number of anilines is 1. The van der Waals surface area contributed by atoms with Gasteiger partial charge >= 0.3 is 0 Å². The molecular weight excluding hydrogens is 202 g/mol. The molecule has 1 aromatic heterocycles. The fourth-order valence-corrected chi connectivity index (χ4v) is 1.90. The van der Waals surface area contributed by atoms with Crippen molar-refractivity contribution in [3.05, 3.63) is 30.4 Å². The summed E-state index contributed by atoms with van der Waals surface area (Å²) in [5.74, 6) is -0.298. The highest BCUT2D eigenvalue weighted by molar-refractivity contribution is 5.84. The van der Waals surface area contributed by atoms with Gasteiger partial charge in [-0.3, -0.25) is 9.78 Å². The minimum atomic E-state index is -0.298. The summed E-state index contributed by atoms with van der Waals surface area (Å²) in [7, 11) is 0. The predicted molar refractivity (Wildman–Crippen MR) is 61.8 cm³/mol. The first-order valence-electron chi connectivity index (χ1n) is 5.38. The van der Waals surface area contributed by atoms with Crippen molar-refractivity contribution in [3.8, 4) is 0 Å². The molecule has 1 aliphatic heterocycles. The largest absolute Gasteiger partial charge is 0.368 e. The second-order valence-electron chi connectivity index (χ2n) is 3.97. The molecule has 1 unspecified atom stereocenters. The minimum absolute atomic E-state index is 0.279. The zero-order chi connectivity index (χ0) is 11.5. The minimum Gasteiger partial charge on any atom is -0.368 e. The highest BCUT2D eigenvalue weighted by atomic mass is 16.1. The first-order chi connectivity index (χ1) is 7.68. The molecule has 1 amide bonds. The Morgan fingerprint density at radius 2 is 2.44 bits per heavy atom. The van der Waals surface area contributed by atoms with Crippen molar-refractivity contribution in [2.75, 3.05) is 11.4 Å². The smallest absolute Gasteiger partial charge is 0.240 e. The maximum absolute atomic E-state index is 11.3. The Balaban J connectivity index is 2.23. The Kier molecular flexibility index (Phi) is 3.08. The van der Waals surface area contributed by atoms with Gasteiger partial charge in [0.1, 0.15) is 6.04 Å². The molecule has 1 aromatic rings. The van der Waals surface area contributed by atoms with Gasteiger partial charge in [-0.1, -0.05) is 0 Å². The van der Waals surface area contributed by atoms with Crippen LogP contribution < -0.4 is 10.6 Å². The third kappa shape index (κ3) is 2.15. The van der Waals surface area contributed by atoms with Crippen LogP contribution in [0.1, 0.15) is 18.5 Å². The lowest BCUT2D eigenvalue weighted by molar-refractivity contribution is -0.119. The van der Waals surface area contributed by atoms with Gasteiger partial charge in [-0.05, 0) is 38.3 Å². The zero-order valence-electron chi connectivity index (χ0n) is 9.31. The van der Waals surface area contributed by atoms with Gasteiger partial charge in [0.2, 0.25) is 5.91 Å². The van der Waals surface area contributed by atoms with Gasteiger partial charge in [-0.15, -0.1) is 0 Å². The molecule has 1 aliphatic rings. The van der Waals surface area contributed by atoms with Crippen LogP contribution in [0.3, 0.4) is 0 Å². The molecule has 1 fully saturated rings. The van der Waals surface area contributed by atoms with Gasteiger partial charge in [0, 0.05) is 12.2 Å². The van der Waals surface area contributed by atoms with Crippen molar-refractivity contribution in [2.45, 2.75) is 25.8 Å². The number of nitrogens with zero attached hydrogens (tertiary/aromatic N) is 2. The van der Waals surface area contributed by atoms with Crippen LogP contribution in [0.2, 0.25) is 0 Å². The van der Waals surface area contributed by atoms with Crippen LogP contribution in [0.5, 0.6) is 0 Å². The SMILES string of the molecule is Cc1ccc(N2CC[C]CC2C(N)=O)cn1. The number of rotatable bonds is 2. The summed E-state index contributed by atoms with van der Waals surface area (Å²) in [5.41, 5.74) is 7.31. The topological polar surface area (TPSA) is 59.2 Å². The summed E-state index contributed by atoms with van der Waals surface area (Å²) in [6.45, 7) is 2.71. The Bertz CT molecular complexity index is 374. The van der Waals surface area contributed by atoms with Gasteiger partial charge in [0.05, 0.1) is 11.9 Å². The highest BCUT2D eigenvalue weighted by Gasteiger charge is 2.27. The van der Waals surface area contributed by atoms with Crippen LogP contribution in [0.25, 0.3) is 0 Å². The third-order valence-electron chi connectivity index (χ3n) is 2.80. The fourth-order valence-electron chi connectivity index (χ4n) is 1.90. The van der Waals surface area contributed by atoms with E-state index in [1.54, 1.807) is 6.20 Å². The van der Waals surface area contributed by atoms with Gasteiger partial charge in [-0.2, -0.15) is 0 Å². The summed E-state index contributed by atoms with van der Waals surface area (Å²) in [6, 6.07) is 3.64. The van der Waals surface area contributed by atoms with Crippen LogP contribution in [-0.2, 0) is 4.79 Å². The number of hydrogen-bond acceptors (Lipinski definition) is 3. The van der Waals surface area contributed by atoms with E-state index in [0.717, 1.165) is 24.3 Å². The van der Waals surface area contributed by atoms with Gasteiger partial charge in [0.15, 0.2) is 0 Å². The van der Waals surface area contributed by atoms with Crippen molar-refractivity contribution < 1.29 is 4.79 Å². The van der Waals surface area contributed by atoms with E-state index in [1.165, 1.54) is 0 Å². The molecule has 1 atom stereocenters. The Hall–Kier alpha value is -1.58. The molecule has 0 spiro atoms. The lowest BCUT2D eigenvalue weighted by Crippen LogP contribution is -2.48. The maximum atomic E-state index is 11.3. The predicted octanol–water partition coefficient (Wildman–Crippen LogP) is 0.925. The van der Waals surface area contributed by atoms with E-state index in [4.69, 9.17) is 5.73 Å². The second kappa shape index (κ2) is 4.51. The molecular formula is C12H15N3O. The van der Waals surface area contributed by atoms with Crippen LogP contribution in [-0.4, -0.2) is 23.5 Å². The summed E-state index contributed by atoms with van der Waals surface area (Å²) in [4.78, 5) is 17.6. The van der Waals surface area contributed by atoms with Gasteiger partial charge < -0.3 is 10.6 Å². The number of carbonyl (C=O) groups is 1. The van der Waals surface area contributed by atoms with E-state index in [9.17, 15) is 4.79 Å². The normalized spacial score (nSPS) is 20.8. The van der Waals surface area contributed by atoms with Crippen molar-refractivity contribution in [2.24, 2.45) is 5.73 Å². The molecule has 2 heterocycles. The molecule has 4 heteroatoms. The molecule has 4 nitrogen and oxygen atoms in total. The number of piperidine rings is 1. The van der Waals surface area contributed by atoms with Crippen LogP contribution in [0.4, 0.5) is 5.69 Å². The van der Waals surface area contributed by atoms with E-state index in [-0.39, 0.29) is 11.9 Å². The molecule has 0 saturated carbocycles. The van der Waals surface area contributed by atoms with E-state index >= 15 is 0 Å². The zero-order valence-corrected chi connectivity index (χ0v) is 9.31. The number of nitrogens with two attached hydrogens (primary N) is 1. The lowest BCUT2D eigenvalue weighted by atomic mass is 10.0. The second-order valence-corrected chi connectivity index (χ2v) is 3.97. The van der Waals surface area contributed by atoms with Crippen LogP contribution in [0.15, 0.2) is 18.3 Å². The van der Waals surface area contributed by atoms with E-state index in [0.29, 0.717) is 6.42 Å². The molecule has 16 heavy (non-hydrogen) atoms. The summed E-state index contributed by atoms with van der Waals surface area (Å²) >= 11 is 0. The summed E-state index contributed by atoms with van der Waals surface area (Å²) in [6.07, 6.45) is 6.41. The first-order valence-corrected chi connectivity index (χ1v) is 5.38. The van der Waals surface area contributed by atoms with Crippen molar-refractivity contribution in [1.29, 1.82) is 0 Å². The Morgan fingerprint density at radius 1 is 1.62 bits per heavy atom. The molecule has 0 aromatic carbocycles. The quantitative estimate of drug-likeness (QED) is 0.801. The molecule has 2 N–H and O–H groups in total. The van der Waals surface area contributed by atoms with E-state index in [2.05, 4.69) is 11.4 Å². The van der Waals surface area contributed by atoms with Crippen molar-refractivity contribution in [1.82, 2.24) is 4.98 Å². The van der Waals surface area contributed by atoms with Crippen molar-refractivity contribution in [3.63, 3.8) is 0 Å². The average Bonchev–Trinajstić information content (AvgIpc) is 2.30. The lowest BCUT2D eigenvalue weighted by Gasteiger charge is -2.35. The number of aryl methyl sites for hydroxylation is 1. The number of hydrogen-bond donors (Lipinski definition) is 1. The fraction of sp³-hybridized carbons (Fsp3) is 0.417. The van der Waals surface area contributed by atoms with Gasteiger partial charge in [-0.25, -0.2) is 0 Å². The molecule has 2 radical (unpaired) electrons.